The lowest BCUT2D eigenvalue weighted by Gasteiger charge is -2.16. The second-order valence-electron chi connectivity index (χ2n) is 6.65. The Balaban J connectivity index is 1.75. The van der Waals surface area contributed by atoms with E-state index >= 15 is 0 Å². The monoisotopic (exact) mass is 484 g/mol. The largest absolute Gasteiger partial charge is 0.296 e. The lowest BCUT2D eigenvalue weighted by atomic mass is 10.0. The minimum absolute atomic E-state index is 0.0331. The molecule has 0 radical (unpaired) electrons. The number of benzene rings is 2. The van der Waals surface area contributed by atoms with Gasteiger partial charge in [-0.1, -0.05) is 58.3 Å². The molecule has 0 unspecified atom stereocenters. The van der Waals surface area contributed by atoms with Gasteiger partial charge in [-0.3, -0.25) is 10.1 Å². The molecule has 0 saturated carbocycles. The van der Waals surface area contributed by atoms with E-state index in [1.807, 2.05) is 32.0 Å². The number of aryl methyl sites for hydroxylation is 2. The van der Waals surface area contributed by atoms with Crippen molar-refractivity contribution >= 4 is 55.6 Å². The summed E-state index contributed by atoms with van der Waals surface area (Å²) in [7, 11) is -3.93. The van der Waals surface area contributed by atoms with E-state index in [1.165, 1.54) is 18.2 Å². The summed E-state index contributed by atoms with van der Waals surface area (Å²) in [6, 6.07) is 9.80. The zero-order valence-corrected chi connectivity index (χ0v) is 19.4. The van der Waals surface area contributed by atoms with Gasteiger partial charge in [0.05, 0.1) is 10.6 Å². The third kappa shape index (κ3) is 5.16. The summed E-state index contributed by atoms with van der Waals surface area (Å²) in [5, 5.41) is 10.6. The Kier molecular flexibility index (Phi) is 6.78. The predicted octanol–water partition coefficient (Wildman–Crippen LogP) is 4.75. The van der Waals surface area contributed by atoms with Crippen molar-refractivity contribution in [2.75, 3.05) is 5.32 Å². The Morgan fingerprint density at radius 1 is 1.10 bits per heavy atom. The number of aromatic nitrogens is 2. The molecule has 11 heteroatoms. The summed E-state index contributed by atoms with van der Waals surface area (Å²) in [6.45, 7) is 5.61. The zero-order chi connectivity index (χ0) is 22.1. The average molecular weight is 485 g/mol. The number of nitrogens with zero attached hydrogens (tertiary/aromatic N) is 2. The van der Waals surface area contributed by atoms with E-state index in [4.69, 9.17) is 23.2 Å². The normalized spacial score (nSPS) is 12.6. The first-order valence-electron chi connectivity index (χ1n) is 8.76. The van der Waals surface area contributed by atoms with Crippen molar-refractivity contribution in [1.82, 2.24) is 14.9 Å². The molecule has 1 heterocycles. The van der Waals surface area contributed by atoms with Crippen molar-refractivity contribution in [2.45, 2.75) is 31.2 Å². The smallest absolute Gasteiger partial charge is 0.270 e. The lowest BCUT2D eigenvalue weighted by Crippen LogP contribution is -2.27. The molecule has 0 aliphatic carbocycles. The predicted molar refractivity (Wildman–Crippen MR) is 119 cm³/mol. The van der Waals surface area contributed by atoms with E-state index in [0.717, 1.165) is 28.0 Å². The molecule has 2 aromatic carbocycles. The maximum atomic E-state index is 12.7. The number of hydrogen-bond acceptors (Lipinski definition) is 6. The van der Waals surface area contributed by atoms with Gasteiger partial charge in [0.25, 0.3) is 15.9 Å². The lowest BCUT2D eigenvalue weighted by molar-refractivity contribution is 0.102. The fourth-order valence-electron chi connectivity index (χ4n) is 2.78. The summed E-state index contributed by atoms with van der Waals surface area (Å²) in [4.78, 5) is 12.4. The van der Waals surface area contributed by atoms with E-state index < -0.39 is 22.0 Å². The first kappa shape index (κ1) is 22.6. The standard InChI is InChI=1S/C19H18Cl2N4O3S2/c1-10-4-5-11(2)15(8-10)12(3)25-30(27,28)19-24-23-18(29-19)22-17(26)14-7-6-13(20)9-16(14)21/h4-9,12,25H,1-3H3,(H,22,23,26)/t12-/m0/s1. The van der Waals surface area contributed by atoms with Crippen molar-refractivity contribution in [3.8, 4) is 0 Å². The molecule has 1 amide bonds. The Bertz CT molecular complexity index is 1210. The highest BCUT2D eigenvalue weighted by Crippen LogP contribution is 2.26. The Labute approximate surface area is 188 Å². The highest BCUT2D eigenvalue weighted by Gasteiger charge is 2.24. The van der Waals surface area contributed by atoms with Gasteiger partial charge in [0.15, 0.2) is 0 Å². The molecule has 7 nitrogen and oxygen atoms in total. The quantitative estimate of drug-likeness (QED) is 0.491. The van der Waals surface area contributed by atoms with Gasteiger partial charge in [-0.2, -0.15) is 0 Å². The van der Waals surface area contributed by atoms with E-state index in [0.29, 0.717) is 5.02 Å². The summed E-state index contributed by atoms with van der Waals surface area (Å²) in [5.74, 6) is -0.548. The molecule has 0 bridgehead atoms. The van der Waals surface area contributed by atoms with Gasteiger partial charge >= 0.3 is 0 Å². The van der Waals surface area contributed by atoms with Gasteiger partial charge in [-0.05, 0) is 50.1 Å². The number of carbonyl (C=O) groups excluding carboxylic acids is 1. The van der Waals surface area contributed by atoms with Crippen molar-refractivity contribution in [2.24, 2.45) is 0 Å². The zero-order valence-electron chi connectivity index (χ0n) is 16.2. The van der Waals surface area contributed by atoms with Crippen LogP contribution in [-0.4, -0.2) is 24.5 Å². The first-order chi connectivity index (χ1) is 14.1. The number of rotatable bonds is 6. The first-order valence-corrected chi connectivity index (χ1v) is 11.8. The minimum atomic E-state index is -3.93. The van der Waals surface area contributed by atoms with Crippen LogP contribution < -0.4 is 10.0 Å². The molecule has 0 fully saturated rings. The molecule has 0 saturated heterocycles. The molecular formula is C19H18Cl2N4O3S2. The van der Waals surface area contributed by atoms with Crippen LogP contribution in [0.15, 0.2) is 40.7 Å². The number of halogens is 2. The molecule has 1 atom stereocenters. The third-order valence-electron chi connectivity index (χ3n) is 4.27. The Hall–Kier alpha value is -2.04. The second kappa shape index (κ2) is 8.99. The number of amides is 1. The highest BCUT2D eigenvalue weighted by molar-refractivity contribution is 7.91. The minimum Gasteiger partial charge on any atom is -0.296 e. The van der Waals surface area contributed by atoms with Crippen LogP contribution >= 0.6 is 34.5 Å². The number of nitrogens with one attached hydrogen (secondary N) is 2. The van der Waals surface area contributed by atoms with Crippen molar-refractivity contribution in [1.29, 1.82) is 0 Å². The van der Waals surface area contributed by atoms with Gasteiger partial charge in [0.2, 0.25) is 9.47 Å². The van der Waals surface area contributed by atoms with Crippen LogP contribution in [-0.2, 0) is 10.0 Å². The van der Waals surface area contributed by atoms with E-state index in [9.17, 15) is 13.2 Å². The highest BCUT2D eigenvalue weighted by atomic mass is 35.5. The fourth-order valence-corrected chi connectivity index (χ4v) is 5.41. The van der Waals surface area contributed by atoms with Crippen LogP contribution in [0.2, 0.25) is 10.0 Å². The molecule has 158 valence electrons. The van der Waals surface area contributed by atoms with Gasteiger partial charge in [-0.15, -0.1) is 10.2 Å². The maximum Gasteiger partial charge on any atom is 0.270 e. The maximum absolute atomic E-state index is 12.7. The number of carbonyl (C=O) groups is 1. The average Bonchev–Trinajstić information content (AvgIpc) is 3.12. The van der Waals surface area contributed by atoms with Crippen LogP contribution in [0.25, 0.3) is 0 Å². The fraction of sp³-hybridized carbons (Fsp3) is 0.211. The van der Waals surface area contributed by atoms with Crippen LogP contribution in [0.3, 0.4) is 0 Å². The molecule has 0 aliphatic heterocycles. The van der Waals surface area contributed by atoms with E-state index in [-0.39, 0.29) is 20.1 Å². The van der Waals surface area contributed by atoms with Crippen molar-refractivity contribution in [3.05, 3.63) is 68.7 Å². The molecule has 3 aromatic rings. The molecule has 2 N–H and O–H groups in total. The van der Waals surface area contributed by atoms with E-state index in [1.54, 1.807) is 6.92 Å². The number of anilines is 1. The molecule has 1 aromatic heterocycles. The van der Waals surface area contributed by atoms with Gasteiger partial charge in [-0.25, -0.2) is 13.1 Å². The number of hydrogen-bond donors (Lipinski definition) is 2. The second-order valence-corrected chi connectivity index (χ2v) is 10.4. The SMILES string of the molecule is Cc1ccc(C)c([C@H](C)NS(=O)(=O)c2nnc(NC(=O)c3ccc(Cl)cc3Cl)s2)c1. The molecule has 0 spiro atoms. The van der Waals surface area contributed by atoms with Gasteiger partial charge in [0.1, 0.15) is 0 Å². The van der Waals surface area contributed by atoms with Crippen LogP contribution in [0.5, 0.6) is 0 Å². The Morgan fingerprint density at radius 3 is 2.53 bits per heavy atom. The topological polar surface area (TPSA) is 101 Å². The summed E-state index contributed by atoms with van der Waals surface area (Å²) in [6.07, 6.45) is 0. The molecule has 3 rings (SSSR count). The van der Waals surface area contributed by atoms with Gasteiger partial charge in [0, 0.05) is 11.1 Å². The van der Waals surface area contributed by atoms with E-state index in [2.05, 4.69) is 20.2 Å². The Morgan fingerprint density at radius 2 is 1.83 bits per heavy atom. The van der Waals surface area contributed by atoms with Crippen LogP contribution in [0.4, 0.5) is 5.13 Å². The molecule has 0 aliphatic rings. The number of sulfonamides is 1. The third-order valence-corrected chi connectivity index (χ3v) is 7.56. The van der Waals surface area contributed by atoms with Crippen molar-refractivity contribution in [3.63, 3.8) is 0 Å². The van der Waals surface area contributed by atoms with Crippen LogP contribution in [0, 0.1) is 13.8 Å². The molecule has 30 heavy (non-hydrogen) atoms. The summed E-state index contributed by atoms with van der Waals surface area (Å²) in [5.41, 5.74) is 3.06. The van der Waals surface area contributed by atoms with Crippen LogP contribution in [0.1, 0.15) is 40.0 Å². The van der Waals surface area contributed by atoms with Crippen molar-refractivity contribution < 1.29 is 13.2 Å². The summed E-state index contributed by atoms with van der Waals surface area (Å²) >= 11 is 12.6. The van der Waals surface area contributed by atoms with Gasteiger partial charge < -0.3 is 0 Å². The molecular weight excluding hydrogens is 467 g/mol. The summed E-state index contributed by atoms with van der Waals surface area (Å²) < 4.78 is 27.8.